The average Bonchev–Trinajstić information content (AvgIpc) is 2.64. The summed E-state index contributed by atoms with van der Waals surface area (Å²) in [6.45, 7) is 1.87. The maximum absolute atomic E-state index is 5.86. The molecule has 1 spiro atoms. The lowest BCUT2D eigenvalue weighted by Gasteiger charge is -2.35. The van der Waals surface area contributed by atoms with Crippen molar-refractivity contribution in [3.8, 4) is 0 Å². The molecule has 0 radical (unpaired) electrons. The van der Waals surface area contributed by atoms with Crippen molar-refractivity contribution in [2.75, 3.05) is 13.2 Å². The van der Waals surface area contributed by atoms with E-state index in [1.54, 1.807) is 11.1 Å². The van der Waals surface area contributed by atoms with E-state index >= 15 is 0 Å². The van der Waals surface area contributed by atoms with Crippen LogP contribution in [0.25, 0.3) is 5.57 Å². The molecule has 94 valence electrons. The van der Waals surface area contributed by atoms with E-state index in [9.17, 15) is 0 Å². The van der Waals surface area contributed by atoms with Gasteiger partial charge in [0.2, 0.25) is 0 Å². The zero-order chi connectivity index (χ0) is 12.0. The molecule has 1 saturated heterocycles. The quantitative estimate of drug-likeness (QED) is 0.719. The van der Waals surface area contributed by atoms with Gasteiger partial charge in [0.15, 0.2) is 0 Å². The molecule has 1 heterocycles. The number of rotatable bonds is 1. The number of allylic oxidation sites excluding steroid dienone is 1. The van der Waals surface area contributed by atoms with Crippen molar-refractivity contribution in [2.24, 2.45) is 11.3 Å². The highest BCUT2D eigenvalue weighted by Crippen LogP contribution is 2.56. The Labute approximate surface area is 109 Å². The third kappa shape index (κ3) is 1.43. The number of hydrogen-bond donors (Lipinski definition) is 0. The molecule has 0 aromatic heterocycles. The molecule has 1 heteroatoms. The van der Waals surface area contributed by atoms with Crippen molar-refractivity contribution in [1.82, 2.24) is 0 Å². The Morgan fingerprint density at radius 1 is 1.06 bits per heavy atom. The van der Waals surface area contributed by atoms with Gasteiger partial charge in [-0.05, 0) is 48.3 Å². The highest BCUT2D eigenvalue weighted by atomic mass is 16.5. The van der Waals surface area contributed by atoms with Gasteiger partial charge >= 0.3 is 0 Å². The van der Waals surface area contributed by atoms with Gasteiger partial charge in [0.05, 0.1) is 13.2 Å². The van der Waals surface area contributed by atoms with Gasteiger partial charge in [-0.3, -0.25) is 0 Å². The highest BCUT2D eigenvalue weighted by molar-refractivity contribution is 5.73. The summed E-state index contributed by atoms with van der Waals surface area (Å²) in [5.41, 5.74) is 5.17. The molecule has 1 aromatic rings. The van der Waals surface area contributed by atoms with Crippen LogP contribution in [0.4, 0.5) is 0 Å². The second kappa shape index (κ2) is 3.96. The first-order chi connectivity index (χ1) is 8.89. The third-order valence-corrected chi connectivity index (χ3v) is 5.26. The van der Waals surface area contributed by atoms with Crippen LogP contribution in [0.15, 0.2) is 35.9 Å². The molecule has 5 rings (SSSR count). The summed E-state index contributed by atoms with van der Waals surface area (Å²) < 4.78 is 5.86. The molecule has 2 fully saturated rings. The maximum Gasteiger partial charge on any atom is 0.0689 e. The number of hydrogen-bond acceptors (Lipinski definition) is 1. The van der Waals surface area contributed by atoms with Crippen molar-refractivity contribution in [3.63, 3.8) is 0 Å². The zero-order valence-corrected chi connectivity index (χ0v) is 10.8. The lowest BCUT2D eigenvalue weighted by Crippen LogP contribution is -2.27. The minimum absolute atomic E-state index is 0.415. The molecular weight excluding hydrogens is 220 g/mol. The summed E-state index contributed by atoms with van der Waals surface area (Å²) in [5, 5.41) is 0. The SMILES string of the molecule is c1ccc(C2=C3COC[C@]34CCC[C@H]2CC4)cc1. The molecule has 3 aliphatic carbocycles. The van der Waals surface area contributed by atoms with Gasteiger partial charge in [0, 0.05) is 5.41 Å². The first kappa shape index (κ1) is 10.8. The summed E-state index contributed by atoms with van der Waals surface area (Å²) >= 11 is 0. The maximum atomic E-state index is 5.86. The molecule has 0 amide bonds. The van der Waals surface area contributed by atoms with Gasteiger partial charge in [-0.15, -0.1) is 0 Å². The monoisotopic (exact) mass is 240 g/mol. The lowest BCUT2D eigenvalue weighted by molar-refractivity contribution is 0.142. The topological polar surface area (TPSA) is 9.23 Å². The minimum atomic E-state index is 0.415. The normalized spacial score (nSPS) is 34.6. The van der Waals surface area contributed by atoms with Crippen LogP contribution >= 0.6 is 0 Å². The Morgan fingerprint density at radius 2 is 1.94 bits per heavy atom. The van der Waals surface area contributed by atoms with E-state index in [0.717, 1.165) is 19.1 Å². The number of fused-ring (bicyclic) bond motifs is 3. The Kier molecular flexibility index (Phi) is 2.38. The third-order valence-electron chi connectivity index (χ3n) is 5.26. The van der Waals surface area contributed by atoms with E-state index in [0.29, 0.717) is 5.41 Å². The van der Waals surface area contributed by atoms with E-state index in [1.807, 2.05) is 0 Å². The fraction of sp³-hybridized carbons (Fsp3) is 0.529. The predicted octanol–water partition coefficient (Wildman–Crippen LogP) is 4.05. The van der Waals surface area contributed by atoms with Crippen molar-refractivity contribution < 1.29 is 4.74 Å². The van der Waals surface area contributed by atoms with Crippen molar-refractivity contribution in [1.29, 1.82) is 0 Å². The lowest BCUT2D eigenvalue weighted by atomic mass is 9.68. The molecular formula is C17H20O. The van der Waals surface area contributed by atoms with Gasteiger partial charge < -0.3 is 4.74 Å². The Morgan fingerprint density at radius 3 is 2.83 bits per heavy atom. The molecule has 0 unspecified atom stereocenters. The number of ether oxygens (including phenoxy) is 1. The van der Waals surface area contributed by atoms with Gasteiger partial charge in [0.25, 0.3) is 0 Å². The van der Waals surface area contributed by atoms with Crippen LogP contribution in [0, 0.1) is 11.3 Å². The Bertz CT molecular complexity index is 484. The molecule has 1 saturated carbocycles. The van der Waals surface area contributed by atoms with E-state index in [-0.39, 0.29) is 0 Å². The van der Waals surface area contributed by atoms with Crippen LogP contribution in [0.1, 0.15) is 37.7 Å². The van der Waals surface area contributed by atoms with Crippen LogP contribution in [0.3, 0.4) is 0 Å². The summed E-state index contributed by atoms with van der Waals surface area (Å²) in [5.74, 6) is 0.791. The van der Waals surface area contributed by atoms with Gasteiger partial charge in [0.1, 0.15) is 0 Å². The van der Waals surface area contributed by atoms with Crippen molar-refractivity contribution >= 4 is 5.57 Å². The predicted molar refractivity (Wildman–Crippen MR) is 73.2 cm³/mol. The molecule has 1 aromatic carbocycles. The molecule has 18 heavy (non-hydrogen) atoms. The Hall–Kier alpha value is -1.08. The second-order valence-corrected chi connectivity index (χ2v) is 6.16. The summed E-state index contributed by atoms with van der Waals surface area (Å²) in [6.07, 6.45) is 6.86. The van der Waals surface area contributed by atoms with Crippen LogP contribution in [0.5, 0.6) is 0 Å². The fourth-order valence-electron chi connectivity index (χ4n) is 4.37. The van der Waals surface area contributed by atoms with E-state index in [2.05, 4.69) is 30.3 Å². The molecule has 1 nitrogen and oxygen atoms in total. The summed E-state index contributed by atoms with van der Waals surface area (Å²) in [7, 11) is 0. The van der Waals surface area contributed by atoms with Crippen molar-refractivity contribution in [3.05, 3.63) is 41.5 Å². The molecule has 2 bridgehead atoms. The molecule has 2 atom stereocenters. The molecule has 0 N–H and O–H groups in total. The largest absolute Gasteiger partial charge is 0.376 e. The van der Waals surface area contributed by atoms with Gasteiger partial charge in [-0.1, -0.05) is 36.8 Å². The highest BCUT2D eigenvalue weighted by Gasteiger charge is 2.47. The second-order valence-electron chi connectivity index (χ2n) is 6.16. The van der Waals surface area contributed by atoms with Crippen LogP contribution in [-0.4, -0.2) is 13.2 Å². The van der Waals surface area contributed by atoms with Crippen molar-refractivity contribution in [2.45, 2.75) is 32.1 Å². The first-order valence-electron chi connectivity index (χ1n) is 7.26. The van der Waals surface area contributed by atoms with Crippen LogP contribution < -0.4 is 0 Å². The standard InChI is InChI=1S/C17H20O/c1-2-5-13(6-3-1)16-14-7-4-9-17(10-8-14)12-18-11-15(16)17/h1-3,5-6,14H,4,7-12H2/t14-,17+/m0/s1. The van der Waals surface area contributed by atoms with Gasteiger partial charge in [-0.25, -0.2) is 0 Å². The smallest absolute Gasteiger partial charge is 0.0689 e. The first-order valence-corrected chi connectivity index (χ1v) is 7.26. The molecule has 4 aliphatic rings. The van der Waals surface area contributed by atoms with Crippen LogP contribution in [0.2, 0.25) is 0 Å². The van der Waals surface area contributed by atoms with E-state index in [4.69, 9.17) is 4.74 Å². The molecule has 1 aliphatic heterocycles. The zero-order valence-electron chi connectivity index (χ0n) is 10.8. The summed E-state index contributed by atoms with van der Waals surface area (Å²) in [4.78, 5) is 0. The number of benzene rings is 1. The minimum Gasteiger partial charge on any atom is -0.376 e. The van der Waals surface area contributed by atoms with E-state index in [1.165, 1.54) is 37.7 Å². The summed E-state index contributed by atoms with van der Waals surface area (Å²) in [6, 6.07) is 11.0. The average molecular weight is 240 g/mol. The fourth-order valence-corrected chi connectivity index (χ4v) is 4.37. The van der Waals surface area contributed by atoms with Crippen LogP contribution in [-0.2, 0) is 4.74 Å². The Balaban J connectivity index is 1.91. The van der Waals surface area contributed by atoms with Gasteiger partial charge in [-0.2, -0.15) is 0 Å². The van der Waals surface area contributed by atoms with E-state index < -0.39 is 0 Å².